The van der Waals surface area contributed by atoms with Gasteiger partial charge >= 0.3 is 0 Å². The van der Waals surface area contributed by atoms with Gasteiger partial charge in [-0.3, -0.25) is 14.8 Å². The van der Waals surface area contributed by atoms with Gasteiger partial charge in [-0.2, -0.15) is 5.10 Å². The van der Waals surface area contributed by atoms with Crippen LogP contribution < -0.4 is 5.73 Å². The number of H-pyrrole nitrogens is 1. The predicted octanol–water partition coefficient (Wildman–Crippen LogP) is 1.11. The summed E-state index contributed by atoms with van der Waals surface area (Å²) < 4.78 is 0. The summed E-state index contributed by atoms with van der Waals surface area (Å²) in [6, 6.07) is 0. The zero-order chi connectivity index (χ0) is 14.8. The van der Waals surface area contributed by atoms with Crippen LogP contribution >= 0.6 is 0 Å². The number of aromatic amines is 1. The number of rotatable bonds is 5. The molecule has 3 rings (SSSR count). The maximum Gasteiger partial charge on any atom is 0.276 e. The van der Waals surface area contributed by atoms with Gasteiger partial charge in [0.15, 0.2) is 5.69 Å². The molecule has 21 heavy (non-hydrogen) atoms. The molecule has 1 aliphatic heterocycles. The lowest BCUT2D eigenvalue weighted by Crippen LogP contribution is -2.49. The van der Waals surface area contributed by atoms with Gasteiger partial charge in [0, 0.05) is 32.7 Å². The highest BCUT2D eigenvalue weighted by Gasteiger charge is 2.29. The molecule has 116 valence electrons. The Bertz CT molecular complexity index is 500. The Hall–Kier alpha value is -1.56. The van der Waals surface area contributed by atoms with Gasteiger partial charge in [0.25, 0.3) is 5.91 Å². The summed E-state index contributed by atoms with van der Waals surface area (Å²) in [5, 5.41) is 7.04. The van der Waals surface area contributed by atoms with Crippen LogP contribution in [0.4, 0.5) is 5.69 Å². The lowest BCUT2D eigenvalue weighted by Gasteiger charge is -2.34. The van der Waals surface area contributed by atoms with Crippen LogP contribution in [0, 0.1) is 5.92 Å². The number of nitrogens with one attached hydrogen (secondary N) is 1. The van der Waals surface area contributed by atoms with E-state index in [2.05, 4.69) is 22.0 Å². The Labute approximate surface area is 125 Å². The van der Waals surface area contributed by atoms with E-state index in [9.17, 15) is 4.79 Å². The van der Waals surface area contributed by atoms with E-state index in [1.54, 1.807) is 0 Å². The average Bonchev–Trinajstić information content (AvgIpc) is 3.23. The van der Waals surface area contributed by atoms with Crippen LogP contribution in [-0.4, -0.2) is 58.6 Å². The van der Waals surface area contributed by atoms with E-state index in [1.165, 1.54) is 19.4 Å². The van der Waals surface area contributed by atoms with Crippen LogP contribution in [0.1, 0.15) is 42.4 Å². The quantitative estimate of drug-likeness (QED) is 0.852. The number of nitrogen functional groups attached to an aromatic ring is 1. The van der Waals surface area contributed by atoms with Gasteiger partial charge in [0.1, 0.15) is 0 Å². The average molecular weight is 291 g/mol. The third-order valence-corrected chi connectivity index (χ3v) is 4.46. The van der Waals surface area contributed by atoms with Gasteiger partial charge in [0.05, 0.1) is 11.4 Å². The molecule has 0 spiro atoms. The molecule has 6 nitrogen and oxygen atoms in total. The molecule has 1 aromatic rings. The molecule has 6 heteroatoms. The SMILES string of the molecule is CCCc1[nH]nc(C(=O)N2CCN(CC3CC3)CC2)c1N. The second kappa shape index (κ2) is 6.05. The Morgan fingerprint density at radius 3 is 2.67 bits per heavy atom. The van der Waals surface area contributed by atoms with Crippen LogP contribution in [-0.2, 0) is 6.42 Å². The minimum Gasteiger partial charge on any atom is -0.395 e. The van der Waals surface area contributed by atoms with Gasteiger partial charge in [-0.05, 0) is 25.2 Å². The molecule has 1 amide bonds. The minimum atomic E-state index is -0.0304. The lowest BCUT2D eigenvalue weighted by molar-refractivity contribution is 0.0627. The highest BCUT2D eigenvalue weighted by Crippen LogP contribution is 2.30. The predicted molar refractivity (Wildman–Crippen MR) is 82.1 cm³/mol. The number of hydrogen-bond acceptors (Lipinski definition) is 4. The molecule has 3 N–H and O–H groups in total. The largest absolute Gasteiger partial charge is 0.395 e. The van der Waals surface area contributed by atoms with Crippen molar-refractivity contribution in [2.75, 3.05) is 38.5 Å². The first-order valence-electron chi connectivity index (χ1n) is 8.03. The smallest absolute Gasteiger partial charge is 0.276 e. The zero-order valence-electron chi connectivity index (χ0n) is 12.8. The lowest BCUT2D eigenvalue weighted by atomic mass is 10.2. The molecule has 0 aromatic carbocycles. The van der Waals surface area contributed by atoms with Crippen molar-refractivity contribution in [3.05, 3.63) is 11.4 Å². The van der Waals surface area contributed by atoms with Crippen molar-refractivity contribution in [1.29, 1.82) is 0 Å². The maximum atomic E-state index is 12.5. The Morgan fingerprint density at radius 1 is 1.33 bits per heavy atom. The monoisotopic (exact) mass is 291 g/mol. The third kappa shape index (κ3) is 3.20. The van der Waals surface area contributed by atoms with E-state index >= 15 is 0 Å². The molecule has 0 unspecified atom stereocenters. The number of aryl methyl sites for hydroxylation is 1. The number of piperazine rings is 1. The van der Waals surface area contributed by atoms with Crippen molar-refractivity contribution >= 4 is 11.6 Å². The maximum absolute atomic E-state index is 12.5. The van der Waals surface area contributed by atoms with Crippen LogP contribution in [0.5, 0.6) is 0 Å². The number of nitrogens with zero attached hydrogens (tertiary/aromatic N) is 3. The fraction of sp³-hybridized carbons (Fsp3) is 0.733. The number of hydrogen-bond donors (Lipinski definition) is 2. The van der Waals surface area contributed by atoms with Crippen LogP contribution in [0.25, 0.3) is 0 Å². The molecule has 1 saturated heterocycles. The molecule has 1 aromatic heterocycles. The number of carbonyl (C=O) groups excluding carboxylic acids is 1. The summed E-state index contributed by atoms with van der Waals surface area (Å²) in [4.78, 5) is 16.9. The molecule has 2 fully saturated rings. The van der Waals surface area contributed by atoms with Gasteiger partial charge in [0.2, 0.25) is 0 Å². The first kappa shape index (κ1) is 14.4. The molecule has 0 radical (unpaired) electrons. The summed E-state index contributed by atoms with van der Waals surface area (Å²) in [5.74, 6) is 0.878. The van der Waals surface area contributed by atoms with E-state index < -0.39 is 0 Å². The molecule has 2 heterocycles. The van der Waals surface area contributed by atoms with E-state index in [4.69, 9.17) is 5.73 Å². The number of anilines is 1. The normalized spacial score (nSPS) is 20.0. The van der Waals surface area contributed by atoms with Gasteiger partial charge in [-0.25, -0.2) is 0 Å². The third-order valence-electron chi connectivity index (χ3n) is 4.46. The Morgan fingerprint density at radius 2 is 2.05 bits per heavy atom. The Kier molecular flexibility index (Phi) is 4.14. The standard InChI is InChI=1S/C15H25N5O/c1-2-3-12-13(16)14(18-17-12)15(21)20-8-6-19(7-9-20)10-11-4-5-11/h11H,2-10,16H2,1H3,(H,17,18). The number of aromatic nitrogens is 2. The van der Waals surface area contributed by atoms with Crippen LogP contribution in [0.2, 0.25) is 0 Å². The second-order valence-electron chi connectivity index (χ2n) is 6.25. The summed E-state index contributed by atoms with van der Waals surface area (Å²) >= 11 is 0. The molecule has 2 aliphatic rings. The molecule has 0 atom stereocenters. The zero-order valence-corrected chi connectivity index (χ0v) is 12.8. The van der Waals surface area contributed by atoms with Crippen LogP contribution in [0.15, 0.2) is 0 Å². The van der Waals surface area contributed by atoms with E-state index in [0.29, 0.717) is 11.4 Å². The number of carbonyl (C=O) groups is 1. The van der Waals surface area contributed by atoms with Crippen molar-refractivity contribution in [2.45, 2.75) is 32.6 Å². The van der Waals surface area contributed by atoms with Crippen molar-refractivity contribution < 1.29 is 4.79 Å². The fourth-order valence-electron chi connectivity index (χ4n) is 2.94. The van der Waals surface area contributed by atoms with Crippen molar-refractivity contribution in [3.8, 4) is 0 Å². The van der Waals surface area contributed by atoms with Crippen LogP contribution in [0.3, 0.4) is 0 Å². The summed E-state index contributed by atoms with van der Waals surface area (Å²) in [5.41, 5.74) is 7.86. The summed E-state index contributed by atoms with van der Waals surface area (Å²) in [6.45, 7) is 6.78. The molecule has 1 saturated carbocycles. The first-order chi connectivity index (χ1) is 10.2. The topological polar surface area (TPSA) is 78.2 Å². The number of nitrogens with two attached hydrogens (primary N) is 1. The van der Waals surface area contributed by atoms with Gasteiger partial charge in [-0.1, -0.05) is 13.3 Å². The highest BCUT2D eigenvalue weighted by atomic mass is 16.2. The minimum absolute atomic E-state index is 0.0304. The van der Waals surface area contributed by atoms with E-state index in [-0.39, 0.29) is 5.91 Å². The molecule has 1 aliphatic carbocycles. The van der Waals surface area contributed by atoms with Gasteiger partial charge in [-0.15, -0.1) is 0 Å². The molecular formula is C15H25N5O. The fourth-order valence-corrected chi connectivity index (χ4v) is 2.94. The van der Waals surface area contributed by atoms with Gasteiger partial charge < -0.3 is 10.6 Å². The van der Waals surface area contributed by atoms with E-state index in [0.717, 1.165) is 50.6 Å². The van der Waals surface area contributed by atoms with Crippen molar-refractivity contribution in [2.24, 2.45) is 5.92 Å². The van der Waals surface area contributed by atoms with Crippen molar-refractivity contribution in [3.63, 3.8) is 0 Å². The van der Waals surface area contributed by atoms with Crippen molar-refractivity contribution in [1.82, 2.24) is 20.0 Å². The first-order valence-corrected chi connectivity index (χ1v) is 8.03. The second-order valence-corrected chi connectivity index (χ2v) is 6.25. The van der Waals surface area contributed by atoms with E-state index in [1.807, 2.05) is 4.90 Å². The molecule has 0 bridgehead atoms. The number of amides is 1. The molecular weight excluding hydrogens is 266 g/mol. The summed E-state index contributed by atoms with van der Waals surface area (Å²) in [6.07, 6.45) is 4.58. The summed E-state index contributed by atoms with van der Waals surface area (Å²) in [7, 11) is 0. The Balaban J connectivity index is 1.58. The highest BCUT2D eigenvalue weighted by molar-refractivity contribution is 5.97.